The topological polar surface area (TPSA) is 26.3 Å². The van der Waals surface area contributed by atoms with E-state index in [0.717, 1.165) is 55.0 Å². The van der Waals surface area contributed by atoms with E-state index in [1.807, 2.05) is 18.2 Å². The van der Waals surface area contributed by atoms with Gasteiger partial charge in [-0.3, -0.25) is 0 Å². The second-order valence-corrected chi connectivity index (χ2v) is 14.3. The predicted octanol–water partition coefficient (Wildman–Crippen LogP) is 15.1. The maximum Gasteiger partial charge on any atom is 0.144 e. The monoisotopic (exact) mass is 686 g/mol. The highest BCUT2D eigenvalue weighted by Crippen LogP contribution is 2.47. The minimum Gasteiger partial charge on any atom is -0.456 e. The van der Waals surface area contributed by atoms with E-state index in [1.54, 1.807) is 0 Å². The number of hydrogen-bond acceptors (Lipinski definition) is 2. The number of fused-ring (bicyclic) bond motifs is 11. The lowest BCUT2D eigenvalue weighted by Crippen LogP contribution is -1.91. The Bertz CT molecular complexity index is 3440. The van der Waals surface area contributed by atoms with Crippen LogP contribution in [-0.2, 0) is 0 Å². The molecule has 54 heavy (non-hydrogen) atoms. The zero-order valence-electron chi connectivity index (χ0n) is 29.1. The summed E-state index contributed by atoms with van der Waals surface area (Å²) in [5.41, 5.74) is 10.6. The molecule has 12 rings (SSSR count). The average molecular weight is 687 g/mol. The number of para-hydroxylation sites is 2. The van der Waals surface area contributed by atoms with Gasteiger partial charge in [-0.15, -0.1) is 0 Å². The first-order valence-electron chi connectivity index (χ1n) is 18.5. The molecule has 10 aromatic carbocycles. The van der Waals surface area contributed by atoms with Crippen molar-refractivity contribution in [3.63, 3.8) is 0 Å². The van der Waals surface area contributed by atoms with E-state index in [9.17, 15) is 0 Å². The lowest BCUT2D eigenvalue weighted by molar-refractivity contribution is 0.664. The molecule has 2 heterocycles. The summed E-state index contributed by atoms with van der Waals surface area (Å²) < 4.78 is 13.1. The van der Waals surface area contributed by atoms with E-state index in [2.05, 4.69) is 164 Å². The van der Waals surface area contributed by atoms with Gasteiger partial charge in [0.15, 0.2) is 0 Å². The molecule has 0 amide bonds. The Balaban J connectivity index is 1.07. The third-order valence-electron chi connectivity index (χ3n) is 11.4. The van der Waals surface area contributed by atoms with E-state index in [4.69, 9.17) is 8.83 Å². The van der Waals surface area contributed by atoms with Crippen molar-refractivity contribution in [1.82, 2.24) is 0 Å². The van der Waals surface area contributed by atoms with Crippen LogP contribution in [0.4, 0.5) is 0 Å². The zero-order valence-corrected chi connectivity index (χ0v) is 29.1. The molecule has 0 saturated heterocycles. The molecule has 2 nitrogen and oxygen atoms in total. The molecule has 0 fully saturated rings. The zero-order chi connectivity index (χ0) is 35.3. The van der Waals surface area contributed by atoms with Crippen molar-refractivity contribution in [3.8, 4) is 33.4 Å². The third kappa shape index (κ3) is 4.17. The van der Waals surface area contributed by atoms with Crippen molar-refractivity contribution < 1.29 is 8.83 Å². The van der Waals surface area contributed by atoms with Crippen LogP contribution >= 0.6 is 0 Å². The largest absolute Gasteiger partial charge is 0.456 e. The number of benzene rings is 10. The summed E-state index contributed by atoms with van der Waals surface area (Å²) in [5.74, 6) is 0. The molecule has 0 N–H and O–H groups in total. The van der Waals surface area contributed by atoms with Gasteiger partial charge in [-0.2, -0.15) is 0 Å². The Morgan fingerprint density at radius 2 is 0.796 bits per heavy atom. The van der Waals surface area contributed by atoms with Crippen LogP contribution in [0.5, 0.6) is 0 Å². The van der Waals surface area contributed by atoms with Gasteiger partial charge < -0.3 is 8.83 Å². The quantitative estimate of drug-likeness (QED) is 0.173. The molecule has 2 aromatic heterocycles. The molecule has 0 saturated carbocycles. The van der Waals surface area contributed by atoms with Crippen LogP contribution < -0.4 is 0 Å². The van der Waals surface area contributed by atoms with Gasteiger partial charge in [0, 0.05) is 27.1 Å². The van der Waals surface area contributed by atoms with E-state index >= 15 is 0 Å². The summed E-state index contributed by atoms with van der Waals surface area (Å²) >= 11 is 0. The Labute approximate surface area is 310 Å². The van der Waals surface area contributed by atoms with Crippen molar-refractivity contribution in [2.45, 2.75) is 0 Å². The smallest absolute Gasteiger partial charge is 0.144 e. The fourth-order valence-corrected chi connectivity index (χ4v) is 9.06. The molecular formula is C52H30O2. The normalized spacial score (nSPS) is 12.1. The van der Waals surface area contributed by atoms with Crippen molar-refractivity contribution in [2.24, 2.45) is 0 Å². The molecule has 0 spiro atoms. The van der Waals surface area contributed by atoms with Crippen molar-refractivity contribution in [3.05, 3.63) is 182 Å². The molecule has 0 radical (unpaired) electrons. The molecule has 2 heteroatoms. The number of rotatable bonds is 3. The van der Waals surface area contributed by atoms with Crippen LogP contribution in [0, 0.1) is 0 Å². The van der Waals surface area contributed by atoms with E-state index in [1.165, 1.54) is 65.3 Å². The maximum absolute atomic E-state index is 6.66. The SMILES string of the molecule is c1ccc2c(-c3c4ccccc4c(-c4ccc5cc(-c6cc7oc8ccccc8c7c7c6oc6ccccc67)ccc5c4)c4ccccc34)cccc2c1. The second-order valence-electron chi connectivity index (χ2n) is 14.3. The van der Waals surface area contributed by atoms with E-state index < -0.39 is 0 Å². The summed E-state index contributed by atoms with van der Waals surface area (Å²) in [5, 5.41) is 14.3. The molecular weight excluding hydrogens is 657 g/mol. The van der Waals surface area contributed by atoms with Crippen LogP contribution in [0.25, 0.3) is 120 Å². The highest BCUT2D eigenvalue weighted by Gasteiger charge is 2.22. The summed E-state index contributed by atoms with van der Waals surface area (Å²) in [4.78, 5) is 0. The molecule has 0 aliphatic carbocycles. The van der Waals surface area contributed by atoms with Gasteiger partial charge in [-0.25, -0.2) is 0 Å². The van der Waals surface area contributed by atoms with Gasteiger partial charge in [-0.1, -0.05) is 152 Å². The summed E-state index contributed by atoms with van der Waals surface area (Å²) in [7, 11) is 0. The Hall–Kier alpha value is -7.16. The van der Waals surface area contributed by atoms with Crippen LogP contribution in [0.1, 0.15) is 0 Å². The van der Waals surface area contributed by atoms with Crippen LogP contribution in [0.15, 0.2) is 191 Å². The van der Waals surface area contributed by atoms with Crippen molar-refractivity contribution in [1.29, 1.82) is 0 Å². The lowest BCUT2D eigenvalue weighted by Gasteiger charge is -2.19. The minimum absolute atomic E-state index is 0.867. The molecule has 0 aliphatic heterocycles. The molecule has 250 valence electrons. The van der Waals surface area contributed by atoms with Gasteiger partial charge >= 0.3 is 0 Å². The van der Waals surface area contributed by atoms with E-state index in [0.29, 0.717) is 0 Å². The fourth-order valence-electron chi connectivity index (χ4n) is 9.06. The molecule has 0 bridgehead atoms. The van der Waals surface area contributed by atoms with Gasteiger partial charge in [0.25, 0.3) is 0 Å². The fraction of sp³-hybridized carbons (Fsp3) is 0. The standard InChI is InChI=1S/C52H30O2/c1-2-14-36-31(12-1)13-11-21-37(36)49-40-17-5-3-15-38(40)48(39-16-4-6-18-41(39)49)35-27-25-32-28-34(26-24-33(32)29-35)44-30-47-50(42-19-7-9-22-45(42)53-47)51-43-20-8-10-23-46(43)54-52(44)51/h1-30H. The molecule has 12 aromatic rings. The maximum atomic E-state index is 6.66. The van der Waals surface area contributed by atoms with Gasteiger partial charge in [0.2, 0.25) is 0 Å². The Kier molecular flexibility index (Phi) is 6.09. The van der Waals surface area contributed by atoms with Crippen molar-refractivity contribution in [2.75, 3.05) is 0 Å². The Morgan fingerprint density at radius 3 is 1.50 bits per heavy atom. The first-order chi connectivity index (χ1) is 26.8. The van der Waals surface area contributed by atoms with Gasteiger partial charge in [-0.05, 0) is 101 Å². The molecule has 0 atom stereocenters. The second kappa shape index (κ2) is 11.2. The van der Waals surface area contributed by atoms with Crippen LogP contribution in [-0.4, -0.2) is 0 Å². The third-order valence-corrected chi connectivity index (χ3v) is 11.4. The van der Waals surface area contributed by atoms with Gasteiger partial charge in [0.05, 0.1) is 0 Å². The molecule has 0 unspecified atom stereocenters. The first kappa shape index (κ1) is 29.4. The Morgan fingerprint density at radius 1 is 0.278 bits per heavy atom. The van der Waals surface area contributed by atoms with Gasteiger partial charge in [0.1, 0.15) is 22.3 Å². The predicted molar refractivity (Wildman–Crippen MR) is 227 cm³/mol. The summed E-state index contributed by atoms with van der Waals surface area (Å²) in [6, 6.07) is 65.6. The number of furan rings is 2. The van der Waals surface area contributed by atoms with E-state index in [-0.39, 0.29) is 0 Å². The summed E-state index contributed by atoms with van der Waals surface area (Å²) in [6.45, 7) is 0. The highest BCUT2D eigenvalue weighted by atomic mass is 16.3. The lowest BCUT2D eigenvalue weighted by atomic mass is 9.84. The van der Waals surface area contributed by atoms with Crippen molar-refractivity contribution >= 4 is 87.0 Å². The summed E-state index contributed by atoms with van der Waals surface area (Å²) in [6.07, 6.45) is 0. The highest BCUT2D eigenvalue weighted by molar-refractivity contribution is 6.28. The number of hydrogen-bond donors (Lipinski definition) is 0. The first-order valence-corrected chi connectivity index (χ1v) is 18.5. The molecule has 0 aliphatic rings. The van der Waals surface area contributed by atoms with Crippen LogP contribution in [0.2, 0.25) is 0 Å². The minimum atomic E-state index is 0.867. The van der Waals surface area contributed by atoms with Crippen LogP contribution in [0.3, 0.4) is 0 Å². The average Bonchev–Trinajstić information content (AvgIpc) is 3.80.